The van der Waals surface area contributed by atoms with E-state index >= 15 is 0 Å². The van der Waals surface area contributed by atoms with Crippen molar-refractivity contribution in [2.24, 2.45) is 0 Å². The van der Waals surface area contributed by atoms with Gasteiger partial charge in [-0.25, -0.2) is 0 Å². The number of hydrogen-bond donors (Lipinski definition) is 1. The number of carbonyl (C=O) groups is 2. The van der Waals surface area contributed by atoms with Crippen molar-refractivity contribution >= 4 is 38.4 Å². The Morgan fingerprint density at radius 3 is 2.08 bits per heavy atom. The van der Waals surface area contributed by atoms with E-state index in [0.29, 0.717) is 22.4 Å². The van der Waals surface area contributed by atoms with Gasteiger partial charge in [0.2, 0.25) is 5.43 Å². The molecule has 0 saturated carbocycles. The Morgan fingerprint density at radius 2 is 1.35 bits per heavy atom. The molecule has 5 heteroatoms. The number of benzene rings is 3. The van der Waals surface area contributed by atoms with Crippen LogP contribution in [0.25, 0.3) is 22.2 Å². The highest BCUT2D eigenvalue weighted by atomic mass is 79.9. The summed E-state index contributed by atoms with van der Waals surface area (Å²) >= 11 is 3.27. The molecule has 26 heavy (non-hydrogen) atoms. The number of H-pyrrole nitrogens is 1. The van der Waals surface area contributed by atoms with E-state index in [2.05, 4.69) is 20.9 Å². The molecule has 124 valence electrons. The molecule has 3 aliphatic rings. The number of aromatic amines is 1. The summed E-state index contributed by atoms with van der Waals surface area (Å²) in [5.41, 5.74) is 2.35. The maximum atomic E-state index is 13.2. The standard InChI is InChI=1S/C21H10BrNO3/c22-17-15-16(20(25)12-7-3-2-6-11(12)19(15)24)18-13(21(17)26)9-10-5-1-4-8-14(10)23-18/h1-9,23H. The number of fused-ring (bicyclic) bond motifs is 5. The summed E-state index contributed by atoms with van der Waals surface area (Å²) in [6.45, 7) is 0. The highest BCUT2D eigenvalue weighted by Gasteiger charge is 2.36. The van der Waals surface area contributed by atoms with E-state index in [1.54, 1.807) is 30.3 Å². The first kappa shape index (κ1) is 15.2. The van der Waals surface area contributed by atoms with E-state index < -0.39 is 0 Å². The number of hydrogen-bond acceptors (Lipinski definition) is 3. The molecule has 0 aromatic heterocycles. The van der Waals surface area contributed by atoms with Gasteiger partial charge in [0, 0.05) is 22.2 Å². The zero-order valence-electron chi connectivity index (χ0n) is 13.3. The molecule has 0 unspecified atom stereocenters. The van der Waals surface area contributed by atoms with Gasteiger partial charge >= 0.3 is 0 Å². The Balaban J connectivity index is 2.00. The van der Waals surface area contributed by atoms with E-state index in [1.807, 2.05) is 24.3 Å². The van der Waals surface area contributed by atoms with Crippen molar-refractivity contribution < 1.29 is 9.59 Å². The lowest BCUT2D eigenvalue weighted by Crippen LogP contribution is -2.27. The van der Waals surface area contributed by atoms with Crippen LogP contribution in [0.15, 0.2) is 63.9 Å². The van der Waals surface area contributed by atoms with Crippen molar-refractivity contribution in [3.8, 4) is 11.3 Å². The molecule has 0 atom stereocenters. The molecule has 1 N–H and O–H groups in total. The van der Waals surface area contributed by atoms with Crippen LogP contribution in [0.4, 0.5) is 0 Å². The third-order valence-corrected chi connectivity index (χ3v) is 5.58. The van der Waals surface area contributed by atoms with Crippen molar-refractivity contribution in [3.63, 3.8) is 0 Å². The van der Waals surface area contributed by atoms with Gasteiger partial charge in [-0.3, -0.25) is 14.4 Å². The van der Waals surface area contributed by atoms with Crippen LogP contribution < -0.4 is 5.43 Å². The number of ketones is 2. The third-order valence-electron chi connectivity index (χ3n) is 4.82. The van der Waals surface area contributed by atoms with E-state index in [4.69, 9.17) is 0 Å². The lowest BCUT2D eigenvalue weighted by atomic mass is 9.81. The highest BCUT2D eigenvalue weighted by Crippen LogP contribution is 2.37. The summed E-state index contributed by atoms with van der Waals surface area (Å²) in [6.07, 6.45) is 0. The average Bonchev–Trinajstić information content (AvgIpc) is 2.67. The molecular formula is C21H10BrNO3. The van der Waals surface area contributed by atoms with Gasteiger partial charge in [-0.2, -0.15) is 0 Å². The fourth-order valence-electron chi connectivity index (χ4n) is 3.60. The number of aromatic nitrogens is 1. The van der Waals surface area contributed by atoms with Gasteiger partial charge in [0.15, 0.2) is 11.6 Å². The van der Waals surface area contributed by atoms with Crippen molar-refractivity contribution in [3.05, 3.63) is 91.5 Å². The molecule has 2 aromatic rings. The Kier molecular flexibility index (Phi) is 3.06. The highest BCUT2D eigenvalue weighted by molar-refractivity contribution is 9.10. The lowest BCUT2D eigenvalue weighted by molar-refractivity contribution is 0.0978. The quantitative estimate of drug-likeness (QED) is 0.394. The predicted octanol–water partition coefficient (Wildman–Crippen LogP) is 4.17. The minimum absolute atomic E-state index is 0.136. The molecule has 0 spiro atoms. The molecule has 0 amide bonds. The Bertz CT molecular complexity index is 1300. The second-order valence-corrected chi connectivity index (χ2v) is 7.04. The molecular weight excluding hydrogens is 394 g/mol. The van der Waals surface area contributed by atoms with Crippen LogP contribution in [-0.4, -0.2) is 16.6 Å². The van der Waals surface area contributed by atoms with Crippen LogP contribution in [0, 0.1) is 0 Å². The molecule has 1 heterocycles. The Morgan fingerprint density at radius 1 is 0.731 bits per heavy atom. The number of para-hydroxylation sites is 1. The smallest absolute Gasteiger partial charge is 0.202 e. The maximum absolute atomic E-state index is 13.2. The minimum Gasteiger partial charge on any atom is -0.354 e. The van der Waals surface area contributed by atoms with Gasteiger partial charge in [0.05, 0.1) is 21.3 Å². The summed E-state index contributed by atoms with van der Waals surface area (Å²) in [6, 6.07) is 16.0. The van der Waals surface area contributed by atoms with Gasteiger partial charge in [-0.05, 0) is 33.4 Å². The maximum Gasteiger partial charge on any atom is 0.202 e. The fourth-order valence-corrected chi connectivity index (χ4v) is 4.19. The SMILES string of the molecule is O=C1c2ccccc2C(=O)c2c1c1[nH]c3ccccc3cc-1c(=O)c2Br. The van der Waals surface area contributed by atoms with Crippen molar-refractivity contribution in [1.82, 2.24) is 4.98 Å². The van der Waals surface area contributed by atoms with Crippen LogP contribution in [0.2, 0.25) is 0 Å². The van der Waals surface area contributed by atoms with Gasteiger partial charge < -0.3 is 4.98 Å². The van der Waals surface area contributed by atoms with Crippen LogP contribution in [0.3, 0.4) is 0 Å². The number of pyridine rings is 1. The molecule has 0 saturated heterocycles. The Labute approximate surface area is 156 Å². The summed E-state index contributed by atoms with van der Waals surface area (Å²) < 4.78 is 0.136. The number of rotatable bonds is 0. The topological polar surface area (TPSA) is 67.0 Å². The van der Waals surface area contributed by atoms with E-state index in [9.17, 15) is 14.4 Å². The molecule has 2 aromatic carbocycles. The summed E-state index contributed by atoms with van der Waals surface area (Å²) in [5, 5.41) is 0.860. The summed E-state index contributed by atoms with van der Waals surface area (Å²) in [4.78, 5) is 42.2. The summed E-state index contributed by atoms with van der Waals surface area (Å²) in [7, 11) is 0. The molecule has 4 nitrogen and oxygen atoms in total. The second-order valence-electron chi connectivity index (χ2n) is 6.24. The number of nitrogens with one attached hydrogen (secondary N) is 1. The van der Waals surface area contributed by atoms with E-state index in [0.717, 1.165) is 10.9 Å². The monoisotopic (exact) mass is 403 g/mol. The molecule has 1 aliphatic heterocycles. The van der Waals surface area contributed by atoms with E-state index in [1.165, 1.54) is 0 Å². The van der Waals surface area contributed by atoms with E-state index in [-0.39, 0.29) is 32.6 Å². The zero-order valence-corrected chi connectivity index (χ0v) is 14.9. The van der Waals surface area contributed by atoms with Crippen LogP contribution >= 0.6 is 15.9 Å². The first-order valence-electron chi connectivity index (χ1n) is 8.03. The minimum atomic E-state index is -0.317. The Hall–Kier alpha value is -3.05. The van der Waals surface area contributed by atoms with Gasteiger partial charge in [-0.15, -0.1) is 0 Å². The number of carbonyl (C=O) groups excluding carboxylic acids is 2. The molecule has 0 radical (unpaired) electrons. The second kappa shape index (κ2) is 5.22. The fraction of sp³-hybridized carbons (Fsp3) is 0. The van der Waals surface area contributed by atoms with Crippen LogP contribution in [0.1, 0.15) is 31.8 Å². The van der Waals surface area contributed by atoms with Crippen molar-refractivity contribution in [2.45, 2.75) is 0 Å². The van der Waals surface area contributed by atoms with Gasteiger partial charge in [-0.1, -0.05) is 42.5 Å². The molecule has 5 rings (SSSR count). The van der Waals surface area contributed by atoms with Gasteiger partial charge in [0.1, 0.15) is 0 Å². The van der Waals surface area contributed by atoms with Crippen molar-refractivity contribution in [2.75, 3.05) is 0 Å². The van der Waals surface area contributed by atoms with Crippen LogP contribution in [0.5, 0.6) is 0 Å². The average molecular weight is 404 g/mol. The largest absolute Gasteiger partial charge is 0.354 e. The molecule has 0 bridgehead atoms. The first-order chi connectivity index (χ1) is 12.6. The van der Waals surface area contributed by atoms with Crippen molar-refractivity contribution in [1.29, 1.82) is 0 Å². The normalized spacial score (nSPS) is 13.1. The molecule has 2 aliphatic carbocycles. The van der Waals surface area contributed by atoms with Gasteiger partial charge in [0.25, 0.3) is 0 Å². The molecule has 0 fully saturated rings. The predicted molar refractivity (Wildman–Crippen MR) is 102 cm³/mol. The summed E-state index contributed by atoms with van der Waals surface area (Å²) in [5.74, 6) is -0.574. The first-order valence-corrected chi connectivity index (χ1v) is 8.83. The lowest BCUT2D eigenvalue weighted by Gasteiger charge is -2.22. The zero-order chi connectivity index (χ0) is 18.0. The number of halogens is 1. The van der Waals surface area contributed by atoms with Crippen LogP contribution in [-0.2, 0) is 0 Å². The third kappa shape index (κ3) is 1.86.